The summed E-state index contributed by atoms with van der Waals surface area (Å²) in [5.74, 6) is -5.51. The van der Waals surface area contributed by atoms with Crippen molar-refractivity contribution in [1.82, 2.24) is 14.9 Å². The number of nitrogens with zero attached hydrogens (tertiary/aromatic N) is 4. The first kappa shape index (κ1) is 7.55. The molecule has 0 radical (unpaired) electrons. The van der Waals surface area contributed by atoms with Gasteiger partial charge in [-0.05, 0) is 18.9 Å². The van der Waals surface area contributed by atoms with E-state index in [1.165, 1.54) is 0 Å². The van der Waals surface area contributed by atoms with E-state index in [-0.39, 0.29) is 22.8 Å². The standard InChI is InChI=1S/C19H25N5O4/c1-26-15-10-12-13(11-16(15)27-2)21-19(22-17(12)20)24-7-5-23(6-8-24)18(25)14-4-3-9-28-14/h10-11,14H,3-9H2,1-2H3,(H2,20,21,22)/i1D3,2D3,5D2,6D2,7D2,8D2,10D,11D. The molecule has 2 aromatic rings. The molecule has 1 unspecified atom stereocenters. The van der Waals surface area contributed by atoms with Gasteiger partial charge in [0.05, 0.1) is 41.5 Å². The normalized spacial score (nSPS) is 36.4. The third-order valence-corrected chi connectivity index (χ3v) is 3.98. The average molecular weight is 404 g/mol. The maximum atomic E-state index is 13.2. The fourth-order valence-corrected chi connectivity index (χ4v) is 2.64. The first-order chi connectivity index (χ1) is 19.8. The van der Waals surface area contributed by atoms with Gasteiger partial charge >= 0.3 is 0 Å². The van der Waals surface area contributed by atoms with Crippen molar-refractivity contribution in [3.8, 4) is 11.5 Å². The summed E-state index contributed by atoms with van der Waals surface area (Å²) in [6, 6.07) is -2.04. The number of aromatic nitrogens is 2. The monoisotopic (exact) mass is 403 g/mol. The van der Waals surface area contributed by atoms with Crippen LogP contribution in [0, 0.1) is 0 Å². The molecular formula is C19H25N5O4. The Labute approximate surface area is 185 Å². The second-order valence-corrected chi connectivity index (χ2v) is 5.70. The van der Waals surface area contributed by atoms with E-state index in [0.29, 0.717) is 6.42 Å². The number of nitrogen functional groups attached to an aromatic ring is 1. The molecule has 150 valence electrons. The molecule has 2 fully saturated rings. The largest absolute Gasteiger partial charge is 0.493 e. The molecule has 1 aromatic heterocycles. The minimum absolute atomic E-state index is 0.0530. The number of carbonyl (C=O) groups is 1. The second-order valence-electron chi connectivity index (χ2n) is 5.70. The molecular weight excluding hydrogens is 362 g/mol. The van der Waals surface area contributed by atoms with E-state index in [1.807, 2.05) is 0 Å². The lowest BCUT2D eigenvalue weighted by molar-refractivity contribution is -0.141. The second kappa shape index (κ2) is 7.67. The van der Waals surface area contributed by atoms with Gasteiger partial charge in [-0.2, -0.15) is 4.98 Å². The Morgan fingerprint density at radius 3 is 2.71 bits per heavy atom. The van der Waals surface area contributed by atoms with Crippen LogP contribution in [0.1, 0.15) is 34.8 Å². The third kappa shape index (κ3) is 3.37. The van der Waals surface area contributed by atoms with Gasteiger partial charge in [0.25, 0.3) is 5.91 Å². The van der Waals surface area contributed by atoms with Gasteiger partial charge in [0, 0.05) is 44.0 Å². The quantitative estimate of drug-likeness (QED) is 0.808. The van der Waals surface area contributed by atoms with Gasteiger partial charge < -0.3 is 29.7 Å². The topological polar surface area (TPSA) is 103 Å². The number of benzene rings is 1. The number of hydrogen-bond donors (Lipinski definition) is 1. The minimum atomic E-state index is -3.66. The highest BCUT2D eigenvalue weighted by Gasteiger charge is 2.31. The number of fused-ring (bicyclic) bond motifs is 1. The van der Waals surface area contributed by atoms with Crippen molar-refractivity contribution < 1.29 is 40.9 Å². The van der Waals surface area contributed by atoms with Crippen LogP contribution >= 0.6 is 0 Å². The lowest BCUT2D eigenvalue weighted by atomic mass is 10.2. The van der Waals surface area contributed by atoms with Gasteiger partial charge in [-0.1, -0.05) is 0 Å². The number of nitrogens with two attached hydrogens (primary N) is 1. The number of methoxy groups -OCH3 is 2. The number of anilines is 2. The smallest absolute Gasteiger partial charge is 0.251 e. The Bertz CT molecular complexity index is 1460. The fraction of sp³-hybridized carbons (Fsp3) is 0.526. The van der Waals surface area contributed by atoms with Gasteiger partial charge in [-0.25, -0.2) is 4.98 Å². The van der Waals surface area contributed by atoms with Crippen molar-refractivity contribution in [2.45, 2.75) is 18.9 Å². The summed E-state index contributed by atoms with van der Waals surface area (Å²) < 4.78 is 144. The maximum Gasteiger partial charge on any atom is 0.251 e. The Morgan fingerprint density at radius 1 is 1.29 bits per heavy atom. The summed E-state index contributed by atoms with van der Waals surface area (Å²) in [6.45, 7) is -14.5. The van der Waals surface area contributed by atoms with Crippen LogP contribution in [-0.2, 0) is 9.53 Å². The third-order valence-electron chi connectivity index (χ3n) is 3.98. The Hall–Kier alpha value is -2.81. The maximum absolute atomic E-state index is 13.2. The van der Waals surface area contributed by atoms with Crippen LogP contribution in [0.15, 0.2) is 12.1 Å². The molecule has 0 bridgehead atoms. The van der Waals surface area contributed by atoms with E-state index in [2.05, 4.69) is 9.97 Å². The number of amides is 1. The van der Waals surface area contributed by atoms with Crippen molar-refractivity contribution in [1.29, 1.82) is 0 Å². The van der Waals surface area contributed by atoms with Crippen molar-refractivity contribution >= 4 is 28.6 Å². The number of hydrogen-bond acceptors (Lipinski definition) is 8. The van der Waals surface area contributed by atoms with E-state index in [1.54, 1.807) is 0 Å². The van der Waals surface area contributed by atoms with Gasteiger partial charge in [-0.3, -0.25) is 4.79 Å². The molecule has 1 aromatic carbocycles. The zero-order valence-corrected chi connectivity index (χ0v) is 14.2. The van der Waals surface area contributed by atoms with Crippen LogP contribution in [0.5, 0.6) is 11.5 Å². The summed E-state index contributed by atoms with van der Waals surface area (Å²) in [6.07, 6.45) is -0.945. The molecule has 4 rings (SSSR count). The lowest BCUT2D eigenvalue weighted by Gasteiger charge is -2.35. The highest BCUT2D eigenvalue weighted by molar-refractivity contribution is 5.91. The predicted octanol–water partition coefficient (Wildman–Crippen LogP) is 1.06. The molecule has 28 heavy (non-hydrogen) atoms. The zero-order chi connectivity index (χ0) is 33.6. The molecule has 3 heterocycles. The Balaban J connectivity index is 1.99. The molecule has 2 aliphatic heterocycles. The van der Waals surface area contributed by atoms with Gasteiger partial charge in [0.2, 0.25) is 5.95 Å². The summed E-state index contributed by atoms with van der Waals surface area (Å²) >= 11 is 0. The van der Waals surface area contributed by atoms with Gasteiger partial charge in [-0.15, -0.1) is 0 Å². The van der Waals surface area contributed by atoms with Crippen molar-refractivity contribution in [2.75, 3.05) is 57.3 Å². The lowest BCUT2D eigenvalue weighted by Crippen LogP contribution is -2.51. The molecule has 1 atom stereocenters. The van der Waals surface area contributed by atoms with Gasteiger partial charge in [0.15, 0.2) is 11.5 Å². The molecule has 0 spiro atoms. The Kier molecular flexibility index (Phi) is 2.07. The van der Waals surface area contributed by atoms with E-state index in [0.717, 1.165) is 0 Å². The summed E-state index contributed by atoms with van der Waals surface area (Å²) in [4.78, 5) is 20.4. The van der Waals surface area contributed by atoms with Crippen molar-refractivity contribution in [3.05, 3.63) is 12.1 Å². The molecule has 9 nitrogen and oxygen atoms in total. The molecule has 0 aliphatic carbocycles. The minimum Gasteiger partial charge on any atom is -0.493 e. The van der Waals surface area contributed by atoms with Crippen LogP contribution in [-0.4, -0.2) is 73.5 Å². The van der Waals surface area contributed by atoms with Crippen molar-refractivity contribution in [3.63, 3.8) is 0 Å². The van der Waals surface area contributed by atoms with E-state index >= 15 is 0 Å². The first-order valence-electron chi connectivity index (χ1n) is 16.0. The number of piperazine rings is 1. The SMILES string of the molecule is [2H]c1c(OC([2H])([2H])[2H])c(OC([2H])([2H])[2H])c([2H])c2c(N)nc(N3C([2H])([2H])C([2H])([2H])N(C(=O)C4CCCO4)C([2H])([2H])C3([2H])[2H])nc12. The van der Waals surface area contributed by atoms with Crippen LogP contribution in [0.4, 0.5) is 11.8 Å². The highest BCUT2D eigenvalue weighted by atomic mass is 16.5. The number of rotatable bonds is 4. The molecule has 2 N–H and O–H groups in total. The van der Waals surface area contributed by atoms with Gasteiger partial charge in [0.1, 0.15) is 11.9 Å². The van der Waals surface area contributed by atoms with Crippen LogP contribution in [0.25, 0.3) is 10.9 Å². The van der Waals surface area contributed by atoms with Crippen LogP contribution in [0.2, 0.25) is 0 Å². The average Bonchev–Trinajstić information content (AvgIpc) is 3.37. The van der Waals surface area contributed by atoms with E-state index < -0.39 is 98.3 Å². The fourth-order valence-electron chi connectivity index (χ4n) is 2.64. The van der Waals surface area contributed by atoms with E-state index in [4.69, 9.17) is 41.9 Å². The zero-order valence-electron chi connectivity index (χ0n) is 30.2. The number of carbonyl (C=O) groups excluding carboxylic acids is 1. The predicted molar refractivity (Wildman–Crippen MR) is 105 cm³/mol. The van der Waals surface area contributed by atoms with E-state index in [9.17, 15) is 4.79 Å². The summed E-state index contributed by atoms with van der Waals surface area (Å²) in [5, 5.41) is -0.629. The first-order valence-corrected chi connectivity index (χ1v) is 8.02. The summed E-state index contributed by atoms with van der Waals surface area (Å²) in [5.41, 5.74) is 5.17. The van der Waals surface area contributed by atoms with Crippen LogP contribution < -0.4 is 20.1 Å². The van der Waals surface area contributed by atoms with Crippen molar-refractivity contribution in [2.24, 2.45) is 0 Å². The molecule has 2 saturated heterocycles. The number of ether oxygens (including phenoxy) is 3. The Morgan fingerprint density at radius 2 is 2.04 bits per heavy atom. The molecule has 1 amide bonds. The molecule has 0 saturated carbocycles. The summed E-state index contributed by atoms with van der Waals surface area (Å²) in [7, 11) is -6.60. The molecule has 9 heteroatoms. The molecule has 2 aliphatic rings. The van der Waals surface area contributed by atoms with Crippen LogP contribution in [0.3, 0.4) is 0 Å². The highest BCUT2D eigenvalue weighted by Crippen LogP contribution is 2.34.